The van der Waals surface area contributed by atoms with Gasteiger partial charge in [0, 0.05) is 31.0 Å². The number of para-hydroxylation sites is 1. The molecule has 0 fully saturated rings. The first-order valence-corrected chi connectivity index (χ1v) is 11.3. The molecule has 2 amide bonds. The van der Waals surface area contributed by atoms with Crippen molar-refractivity contribution in [2.24, 2.45) is 0 Å². The van der Waals surface area contributed by atoms with E-state index in [9.17, 15) is 9.59 Å². The van der Waals surface area contributed by atoms with Crippen LogP contribution in [0.4, 0.5) is 10.1 Å². The number of carbonyl (C=O) groups is 2. The maximum absolute atomic E-state index is 15.1. The minimum absolute atomic E-state index is 0.0482. The van der Waals surface area contributed by atoms with Gasteiger partial charge in [-0.05, 0) is 30.3 Å². The van der Waals surface area contributed by atoms with Gasteiger partial charge in [-0.15, -0.1) is 5.10 Å². The highest BCUT2D eigenvalue weighted by atomic mass is 19.1. The molecule has 1 aromatic heterocycles. The molecule has 3 aromatic carbocycles. The second kappa shape index (κ2) is 11.4. The lowest BCUT2D eigenvalue weighted by Gasteiger charge is -2.32. The fourth-order valence-electron chi connectivity index (χ4n) is 3.90. The van der Waals surface area contributed by atoms with E-state index in [-0.39, 0.29) is 25.3 Å². The Morgan fingerprint density at radius 1 is 1.06 bits per heavy atom. The Balaban J connectivity index is 1.81. The second-order valence-corrected chi connectivity index (χ2v) is 7.91. The van der Waals surface area contributed by atoms with Crippen molar-refractivity contribution < 1.29 is 23.5 Å². The minimum atomic E-state index is -1.31. The number of ether oxygens (including phenoxy) is 2. The largest absolute Gasteiger partial charge is 0.497 e. The summed E-state index contributed by atoms with van der Waals surface area (Å²) in [5, 5.41) is 10.9. The number of amides is 2. The fourth-order valence-corrected chi connectivity index (χ4v) is 3.90. The van der Waals surface area contributed by atoms with Gasteiger partial charge in [0.15, 0.2) is 0 Å². The zero-order valence-corrected chi connectivity index (χ0v) is 19.9. The van der Waals surface area contributed by atoms with Gasteiger partial charge in [0.05, 0.1) is 19.2 Å². The third kappa shape index (κ3) is 5.33. The van der Waals surface area contributed by atoms with Crippen LogP contribution >= 0.6 is 0 Å². The first kappa shape index (κ1) is 24.8. The summed E-state index contributed by atoms with van der Waals surface area (Å²) in [4.78, 5) is 28.6. The first-order chi connectivity index (χ1) is 17.5. The summed E-state index contributed by atoms with van der Waals surface area (Å²) in [6.45, 7) is 0.218. The molecule has 1 N–H and O–H groups in total. The number of halogens is 1. The summed E-state index contributed by atoms with van der Waals surface area (Å²) in [7, 11) is 3.01. The van der Waals surface area contributed by atoms with Crippen molar-refractivity contribution in [3.8, 4) is 5.75 Å². The van der Waals surface area contributed by atoms with Crippen LogP contribution in [0.25, 0.3) is 11.0 Å². The summed E-state index contributed by atoms with van der Waals surface area (Å²) in [6, 6.07) is 18.5. The Hall–Kier alpha value is -4.31. The highest BCUT2D eigenvalue weighted by Crippen LogP contribution is 2.32. The summed E-state index contributed by atoms with van der Waals surface area (Å²) >= 11 is 0. The van der Waals surface area contributed by atoms with Crippen LogP contribution in [0.5, 0.6) is 5.75 Å². The Morgan fingerprint density at radius 3 is 2.61 bits per heavy atom. The van der Waals surface area contributed by atoms with E-state index in [1.54, 1.807) is 42.5 Å². The number of hydrogen-bond donors (Lipinski definition) is 1. The van der Waals surface area contributed by atoms with Gasteiger partial charge in [-0.3, -0.25) is 14.5 Å². The van der Waals surface area contributed by atoms with E-state index in [2.05, 4.69) is 15.6 Å². The molecule has 0 unspecified atom stereocenters. The van der Waals surface area contributed by atoms with Crippen LogP contribution in [0.2, 0.25) is 0 Å². The summed E-state index contributed by atoms with van der Waals surface area (Å²) < 4.78 is 26.9. The number of nitrogens with one attached hydrogen (secondary N) is 1. The molecule has 4 rings (SSSR count). The molecule has 0 aliphatic rings. The van der Waals surface area contributed by atoms with Crippen molar-refractivity contribution in [1.82, 2.24) is 20.3 Å². The third-order valence-corrected chi connectivity index (χ3v) is 5.62. The van der Waals surface area contributed by atoms with E-state index in [0.29, 0.717) is 22.5 Å². The molecule has 9 nitrogen and oxygen atoms in total. The SMILES string of the molecule is COCCNC(=O)[C@@H](c1ccccc1F)N(C(=O)Cn1nnc2ccccc21)c1cccc(OC)c1. The van der Waals surface area contributed by atoms with E-state index in [1.807, 2.05) is 12.1 Å². The number of nitrogens with zero attached hydrogens (tertiary/aromatic N) is 4. The molecule has 4 aromatic rings. The molecule has 0 aliphatic carbocycles. The van der Waals surface area contributed by atoms with Crippen molar-refractivity contribution in [1.29, 1.82) is 0 Å². The molecular formula is C26H26FN5O4. The van der Waals surface area contributed by atoms with Gasteiger partial charge in [0.1, 0.15) is 29.7 Å². The van der Waals surface area contributed by atoms with Crippen LogP contribution in [-0.4, -0.2) is 54.2 Å². The molecule has 0 radical (unpaired) electrons. The van der Waals surface area contributed by atoms with Gasteiger partial charge >= 0.3 is 0 Å². The van der Waals surface area contributed by atoms with Gasteiger partial charge < -0.3 is 14.8 Å². The molecule has 36 heavy (non-hydrogen) atoms. The van der Waals surface area contributed by atoms with Crippen LogP contribution in [-0.2, 0) is 20.9 Å². The monoisotopic (exact) mass is 491 g/mol. The molecular weight excluding hydrogens is 465 g/mol. The van der Waals surface area contributed by atoms with Gasteiger partial charge in [-0.1, -0.05) is 41.6 Å². The smallest absolute Gasteiger partial charge is 0.249 e. The van der Waals surface area contributed by atoms with Crippen LogP contribution in [0, 0.1) is 5.82 Å². The molecule has 1 heterocycles. The third-order valence-electron chi connectivity index (χ3n) is 5.62. The number of fused-ring (bicyclic) bond motifs is 1. The molecule has 0 bridgehead atoms. The van der Waals surface area contributed by atoms with Crippen molar-refractivity contribution in [3.63, 3.8) is 0 Å². The molecule has 0 aliphatic heterocycles. The average Bonchev–Trinajstić information content (AvgIpc) is 3.30. The quantitative estimate of drug-likeness (QED) is 0.342. The first-order valence-electron chi connectivity index (χ1n) is 11.3. The number of rotatable bonds is 10. The van der Waals surface area contributed by atoms with Crippen molar-refractivity contribution in [2.75, 3.05) is 32.3 Å². The van der Waals surface area contributed by atoms with Gasteiger partial charge in [0.2, 0.25) is 11.8 Å². The molecule has 0 saturated carbocycles. The lowest BCUT2D eigenvalue weighted by molar-refractivity contribution is -0.127. The van der Waals surface area contributed by atoms with Crippen LogP contribution in [0.1, 0.15) is 11.6 Å². The lowest BCUT2D eigenvalue weighted by atomic mass is 10.0. The molecule has 0 saturated heterocycles. The number of methoxy groups -OCH3 is 2. The molecule has 10 heteroatoms. The van der Waals surface area contributed by atoms with Crippen LogP contribution in [0.15, 0.2) is 72.8 Å². The van der Waals surface area contributed by atoms with Gasteiger partial charge in [-0.25, -0.2) is 9.07 Å². The average molecular weight is 492 g/mol. The topological polar surface area (TPSA) is 98.6 Å². The van der Waals surface area contributed by atoms with Crippen LogP contribution < -0.4 is 15.0 Å². The number of benzene rings is 3. The summed E-state index contributed by atoms with van der Waals surface area (Å²) in [5.41, 5.74) is 1.69. The second-order valence-electron chi connectivity index (χ2n) is 7.91. The van der Waals surface area contributed by atoms with Crippen molar-refractivity contribution in [2.45, 2.75) is 12.6 Å². The Labute approximate surface area is 207 Å². The van der Waals surface area contributed by atoms with E-state index in [0.717, 1.165) is 0 Å². The maximum atomic E-state index is 15.1. The lowest BCUT2D eigenvalue weighted by Crippen LogP contribution is -2.46. The zero-order chi connectivity index (χ0) is 25.5. The Kier molecular flexibility index (Phi) is 7.86. The highest BCUT2D eigenvalue weighted by Gasteiger charge is 2.35. The number of aromatic nitrogens is 3. The van der Waals surface area contributed by atoms with Gasteiger partial charge in [0.25, 0.3) is 0 Å². The van der Waals surface area contributed by atoms with E-state index >= 15 is 4.39 Å². The van der Waals surface area contributed by atoms with E-state index in [4.69, 9.17) is 9.47 Å². The van der Waals surface area contributed by atoms with E-state index < -0.39 is 23.7 Å². The summed E-state index contributed by atoms with van der Waals surface area (Å²) in [6.07, 6.45) is 0. The standard InChI is InChI=1S/C26H26FN5O4/c1-35-15-14-28-26(34)25(20-10-3-4-11-21(20)27)32(18-8-7-9-19(16-18)36-2)24(33)17-31-23-13-6-5-12-22(23)29-30-31/h3-13,16,25H,14-15,17H2,1-2H3,(H,28,34)/t25-/m1/s1. The van der Waals surface area contributed by atoms with Gasteiger partial charge in [-0.2, -0.15) is 0 Å². The maximum Gasteiger partial charge on any atom is 0.249 e. The van der Waals surface area contributed by atoms with E-state index in [1.165, 1.54) is 42.0 Å². The minimum Gasteiger partial charge on any atom is -0.497 e. The Bertz CT molecular complexity index is 1360. The molecule has 186 valence electrons. The predicted octanol–water partition coefficient (Wildman–Crippen LogP) is 3.12. The number of hydrogen-bond acceptors (Lipinski definition) is 6. The van der Waals surface area contributed by atoms with Crippen molar-refractivity contribution in [3.05, 3.63) is 84.2 Å². The number of carbonyl (C=O) groups excluding carboxylic acids is 2. The van der Waals surface area contributed by atoms with Crippen molar-refractivity contribution >= 4 is 28.5 Å². The fraction of sp³-hybridized carbons (Fsp3) is 0.231. The molecule has 1 atom stereocenters. The summed E-state index contributed by atoms with van der Waals surface area (Å²) in [5.74, 6) is -1.19. The highest BCUT2D eigenvalue weighted by molar-refractivity contribution is 6.01. The zero-order valence-electron chi connectivity index (χ0n) is 19.9. The predicted molar refractivity (Wildman–Crippen MR) is 132 cm³/mol. The Morgan fingerprint density at radius 2 is 1.83 bits per heavy atom. The van der Waals surface area contributed by atoms with Crippen LogP contribution in [0.3, 0.4) is 0 Å². The number of anilines is 1. The molecule has 0 spiro atoms. The normalized spacial score (nSPS) is 11.8.